The lowest BCUT2D eigenvalue weighted by Crippen LogP contribution is -2.57. The first kappa shape index (κ1) is 10.5. The highest BCUT2D eigenvalue weighted by molar-refractivity contribution is 5.78. The van der Waals surface area contributed by atoms with Crippen molar-refractivity contribution >= 4 is 5.91 Å². The van der Waals surface area contributed by atoms with Gasteiger partial charge in [0, 0.05) is 25.7 Å². The fourth-order valence-electron chi connectivity index (χ4n) is 1.77. The molecular formula is C9H19N3O. The largest absolute Gasteiger partial charge is 0.353 e. The molecule has 1 heterocycles. The number of piperazine rings is 1. The first-order chi connectivity index (χ1) is 6.15. The number of rotatable bonds is 3. The second kappa shape index (κ2) is 4.58. The summed E-state index contributed by atoms with van der Waals surface area (Å²) >= 11 is 0. The molecule has 0 aromatic heterocycles. The van der Waals surface area contributed by atoms with Crippen LogP contribution in [0.4, 0.5) is 0 Å². The van der Waals surface area contributed by atoms with Crippen LogP contribution >= 0.6 is 0 Å². The Labute approximate surface area is 79.5 Å². The van der Waals surface area contributed by atoms with E-state index in [0.29, 0.717) is 25.0 Å². The maximum atomic E-state index is 11.1. The lowest BCUT2D eigenvalue weighted by Gasteiger charge is -2.37. The number of amides is 1. The summed E-state index contributed by atoms with van der Waals surface area (Å²) in [7, 11) is 0. The van der Waals surface area contributed by atoms with Crippen molar-refractivity contribution in [3.05, 3.63) is 0 Å². The van der Waals surface area contributed by atoms with Crippen molar-refractivity contribution in [3.63, 3.8) is 0 Å². The smallest absolute Gasteiger partial charge is 0.234 e. The predicted octanol–water partition coefficient (Wildman–Crippen LogP) is -0.598. The molecule has 1 aliphatic heterocycles. The highest BCUT2D eigenvalue weighted by atomic mass is 16.2. The van der Waals surface area contributed by atoms with Gasteiger partial charge in [-0.15, -0.1) is 0 Å². The van der Waals surface area contributed by atoms with Gasteiger partial charge in [-0.3, -0.25) is 9.69 Å². The van der Waals surface area contributed by atoms with Gasteiger partial charge in [0.1, 0.15) is 0 Å². The fourth-order valence-corrected chi connectivity index (χ4v) is 1.77. The zero-order chi connectivity index (χ0) is 9.84. The van der Waals surface area contributed by atoms with Crippen molar-refractivity contribution in [1.82, 2.24) is 10.2 Å². The molecular weight excluding hydrogens is 166 g/mol. The zero-order valence-corrected chi connectivity index (χ0v) is 8.42. The third-order valence-corrected chi connectivity index (χ3v) is 2.51. The molecule has 0 bridgehead atoms. The van der Waals surface area contributed by atoms with Crippen LogP contribution in [0.25, 0.3) is 0 Å². The summed E-state index contributed by atoms with van der Waals surface area (Å²) in [4.78, 5) is 13.3. The Balaban J connectivity index is 2.55. The molecule has 1 atom stereocenters. The minimum atomic E-state index is 0.116. The first-order valence-corrected chi connectivity index (χ1v) is 4.86. The molecule has 1 amide bonds. The number of nitrogens with two attached hydrogens (primary N) is 1. The van der Waals surface area contributed by atoms with Gasteiger partial charge in [-0.2, -0.15) is 0 Å². The van der Waals surface area contributed by atoms with E-state index in [1.54, 1.807) is 0 Å². The van der Waals surface area contributed by atoms with Crippen LogP contribution in [0.5, 0.6) is 0 Å². The predicted molar refractivity (Wildman–Crippen MR) is 52.3 cm³/mol. The molecule has 4 heteroatoms. The van der Waals surface area contributed by atoms with Gasteiger partial charge >= 0.3 is 0 Å². The molecule has 0 aromatic rings. The standard InChI is InChI=1S/C9H19N3O/c1-7(2)8-5-11-9(13)6-12(8)4-3-10/h7-8H,3-6,10H2,1-2H3,(H,11,13). The molecule has 13 heavy (non-hydrogen) atoms. The highest BCUT2D eigenvalue weighted by Crippen LogP contribution is 2.12. The molecule has 0 aliphatic carbocycles. The number of carbonyl (C=O) groups excluding carboxylic acids is 1. The average molecular weight is 185 g/mol. The van der Waals surface area contributed by atoms with Gasteiger partial charge in [-0.25, -0.2) is 0 Å². The van der Waals surface area contributed by atoms with Crippen LogP contribution in [0.15, 0.2) is 0 Å². The van der Waals surface area contributed by atoms with Crippen molar-refractivity contribution in [1.29, 1.82) is 0 Å². The topological polar surface area (TPSA) is 58.4 Å². The number of carbonyl (C=O) groups is 1. The quantitative estimate of drug-likeness (QED) is 0.617. The fraction of sp³-hybridized carbons (Fsp3) is 0.889. The summed E-state index contributed by atoms with van der Waals surface area (Å²) in [5.74, 6) is 0.678. The molecule has 1 saturated heterocycles. The third kappa shape index (κ3) is 2.67. The van der Waals surface area contributed by atoms with E-state index in [1.807, 2.05) is 0 Å². The maximum absolute atomic E-state index is 11.1. The molecule has 76 valence electrons. The average Bonchev–Trinajstić information content (AvgIpc) is 2.04. The van der Waals surface area contributed by atoms with Crippen LogP contribution in [0.1, 0.15) is 13.8 Å². The zero-order valence-electron chi connectivity index (χ0n) is 8.42. The molecule has 0 radical (unpaired) electrons. The van der Waals surface area contributed by atoms with E-state index in [9.17, 15) is 4.79 Å². The third-order valence-electron chi connectivity index (χ3n) is 2.51. The first-order valence-electron chi connectivity index (χ1n) is 4.86. The second-order valence-electron chi connectivity index (χ2n) is 3.87. The molecule has 3 N–H and O–H groups in total. The molecule has 1 rings (SSSR count). The van der Waals surface area contributed by atoms with Crippen molar-refractivity contribution < 1.29 is 4.79 Å². The van der Waals surface area contributed by atoms with Crippen LogP contribution in [-0.2, 0) is 4.79 Å². The van der Waals surface area contributed by atoms with Crippen molar-refractivity contribution in [2.24, 2.45) is 11.7 Å². The second-order valence-corrected chi connectivity index (χ2v) is 3.87. The Morgan fingerprint density at radius 3 is 2.92 bits per heavy atom. The maximum Gasteiger partial charge on any atom is 0.234 e. The van der Waals surface area contributed by atoms with Gasteiger partial charge in [0.2, 0.25) is 5.91 Å². The van der Waals surface area contributed by atoms with Gasteiger partial charge in [-0.1, -0.05) is 13.8 Å². The summed E-state index contributed by atoms with van der Waals surface area (Å²) in [5, 5.41) is 2.88. The SMILES string of the molecule is CC(C)C1CNC(=O)CN1CCN. The van der Waals surface area contributed by atoms with Crippen molar-refractivity contribution in [2.45, 2.75) is 19.9 Å². The van der Waals surface area contributed by atoms with Gasteiger partial charge in [0.15, 0.2) is 0 Å². The van der Waals surface area contributed by atoms with E-state index < -0.39 is 0 Å². The van der Waals surface area contributed by atoms with E-state index in [2.05, 4.69) is 24.1 Å². The molecule has 0 saturated carbocycles. The lowest BCUT2D eigenvalue weighted by molar-refractivity contribution is -0.126. The van der Waals surface area contributed by atoms with E-state index in [4.69, 9.17) is 5.73 Å². The molecule has 0 spiro atoms. The Kier molecular flexibility index (Phi) is 3.69. The molecule has 1 aliphatic rings. The summed E-state index contributed by atoms with van der Waals surface area (Å²) in [6, 6.07) is 0.446. The van der Waals surface area contributed by atoms with Crippen molar-refractivity contribution in [2.75, 3.05) is 26.2 Å². The summed E-state index contributed by atoms with van der Waals surface area (Å²) in [6.07, 6.45) is 0. The van der Waals surface area contributed by atoms with Crippen LogP contribution in [0, 0.1) is 5.92 Å². The number of hydrogen-bond acceptors (Lipinski definition) is 3. The molecule has 0 aromatic carbocycles. The van der Waals surface area contributed by atoms with E-state index >= 15 is 0 Å². The van der Waals surface area contributed by atoms with E-state index in [-0.39, 0.29) is 5.91 Å². The Bertz CT molecular complexity index is 182. The summed E-state index contributed by atoms with van der Waals surface area (Å²) < 4.78 is 0. The van der Waals surface area contributed by atoms with E-state index in [1.165, 1.54) is 0 Å². The Morgan fingerprint density at radius 1 is 1.69 bits per heavy atom. The Morgan fingerprint density at radius 2 is 2.38 bits per heavy atom. The molecule has 4 nitrogen and oxygen atoms in total. The summed E-state index contributed by atoms with van der Waals surface area (Å²) in [6.45, 7) is 7.04. The van der Waals surface area contributed by atoms with Gasteiger partial charge < -0.3 is 11.1 Å². The lowest BCUT2D eigenvalue weighted by atomic mass is 10.0. The molecule has 1 fully saturated rings. The van der Waals surface area contributed by atoms with Crippen LogP contribution in [-0.4, -0.2) is 43.0 Å². The normalized spacial score (nSPS) is 24.9. The van der Waals surface area contributed by atoms with Crippen molar-refractivity contribution in [3.8, 4) is 0 Å². The number of nitrogens with zero attached hydrogens (tertiary/aromatic N) is 1. The van der Waals surface area contributed by atoms with Crippen LogP contribution in [0.3, 0.4) is 0 Å². The number of nitrogens with one attached hydrogen (secondary N) is 1. The summed E-state index contributed by atoms with van der Waals surface area (Å²) in [5.41, 5.74) is 5.49. The molecule has 1 unspecified atom stereocenters. The van der Waals surface area contributed by atoms with Gasteiger partial charge in [0.05, 0.1) is 6.54 Å². The highest BCUT2D eigenvalue weighted by Gasteiger charge is 2.27. The van der Waals surface area contributed by atoms with Gasteiger partial charge in [-0.05, 0) is 5.92 Å². The number of hydrogen-bond donors (Lipinski definition) is 2. The minimum Gasteiger partial charge on any atom is -0.353 e. The van der Waals surface area contributed by atoms with Gasteiger partial charge in [0.25, 0.3) is 0 Å². The van der Waals surface area contributed by atoms with E-state index in [0.717, 1.165) is 13.1 Å². The monoisotopic (exact) mass is 185 g/mol. The Hall–Kier alpha value is -0.610. The minimum absolute atomic E-state index is 0.116. The van der Waals surface area contributed by atoms with Crippen LogP contribution in [0.2, 0.25) is 0 Å². The van der Waals surface area contributed by atoms with Crippen LogP contribution < -0.4 is 11.1 Å².